The summed E-state index contributed by atoms with van der Waals surface area (Å²) >= 11 is 0. The molecule has 6 nitrogen and oxygen atoms in total. The molecule has 0 atom stereocenters. The van der Waals surface area contributed by atoms with Crippen molar-refractivity contribution in [2.75, 3.05) is 14.7 Å². The van der Waals surface area contributed by atoms with Gasteiger partial charge in [-0.15, -0.1) is 0 Å². The molecule has 18 aromatic rings. The first-order valence-electron chi connectivity index (χ1n) is 56.4. The predicted octanol–water partition coefficient (Wildman–Crippen LogP) is 39.9. The average molecular weight is 1920 g/mol. The molecule has 18 rings (SSSR count). The topological polar surface area (TPSA) is 70.4 Å². The third-order valence-electron chi connectivity index (χ3n) is 30.3. The highest BCUT2D eigenvalue weighted by Gasteiger charge is 2.33. The van der Waals surface area contributed by atoms with Gasteiger partial charge in [0.2, 0.25) is 0 Å². The Kier molecular flexibility index (Phi) is 39.9. The van der Waals surface area contributed by atoms with E-state index < -0.39 is 7.32 Å². The van der Waals surface area contributed by atoms with Crippen LogP contribution in [-0.4, -0.2) is 22.4 Å². The summed E-state index contributed by atoms with van der Waals surface area (Å²) in [6, 6.07) is 117. The summed E-state index contributed by atoms with van der Waals surface area (Å²) in [7, 11) is -2.17. The summed E-state index contributed by atoms with van der Waals surface area (Å²) in [5.74, 6) is 0. The second-order valence-electron chi connectivity index (χ2n) is 40.5. The summed E-state index contributed by atoms with van der Waals surface area (Å²) in [4.78, 5) is 8.04. The minimum absolute atomic E-state index is 1.10. The fraction of sp³-hybridized carbons (Fsp3) is 0.348. The molecule has 0 radical (unpaired) electrons. The molecule has 0 saturated carbocycles. The smallest absolute Gasteiger partial charge is 0.402 e. The number of anilines is 9. The number of hydrogen-bond acceptors (Lipinski definition) is 6. The summed E-state index contributed by atoms with van der Waals surface area (Å²) in [5.41, 5.74) is 31.0. The Labute approximate surface area is 869 Å². The third kappa shape index (κ3) is 24.6. The Morgan fingerprint density at radius 2 is 0.303 bits per heavy atom. The first-order chi connectivity index (χ1) is 71.4. The molecule has 0 heterocycles. The highest BCUT2D eigenvalue weighted by molar-refractivity contribution is 6.30. The van der Waals surface area contributed by atoms with Crippen molar-refractivity contribution in [1.29, 1.82) is 0 Å². The van der Waals surface area contributed by atoms with Crippen molar-refractivity contribution in [3.05, 3.63) is 376 Å². The van der Waals surface area contributed by atoms with Crippen LogP contribution in [0, 0.1) is 0 Å². The SMILES string of the molecule is CCCCc1c(CCCC)c(CCCC)c2c(CCCC)cccc2c1N(c1cccc2ccccc12)c1cccc2ccccc12.CCCCc1c(CCCC)c(CCCC)c2c(CCCC)cccc2c1N(c1cccc2ccccc12)c1cccc2ccccc12.CCCCc1c(CCCC)c(CCCC)c2c(CCCC)cccc2c1N(c1cccc2ccccc12)c1cccc2ccccc12.OB(O)O. The monoisotopic (exact) mass is 1920 g/mol. The van der Waals surface area contributed by atoms with E-state index in [4.69, 9.17) is 15.1 Å². The third-order valence-corrected chi connectivity index (χ3v) is 30.3. The van der Waals surface area contributed by atoms with E-state index in [-0.39, 0.29) is 0 Å². The van der Waals surface area contributed by atoms with E-state index in [9.17, 15) is 0 Å². The molecule has 0 aromatic heterocycles. The number of fused-ring (bicyclic) bond motifs is 9. The van der Waals surface area contributed by atoms with Gasteiger partial charge in [0.15, 0.2) is 0 Å². The molecule has 0 amide bonds. The van der Waals surface area contributed by atoms with Crippen molar-refractivity contribution in [1.82, 2.24) is 0 Å². The molecule has 7 heteroatoms. The number of unbranched alkanes of at least 4 members (excludes halogenated alkanes) is 12. The zero-order valence-electron chi connectivity index (χ0n) is 89.7. The normalized spacial score (nSPS) is 11.4. The Hall–Kier alpha value is -12.4. The molecule has 3 N–H and O–H groups in total. The molecule has 0 spiro atoms. The van der Waals surface area contributed by atoms with Crippen molar-refractivity contribution in [2.24, 2.45) is 0 Å². The fourth-order valence-corrected chi connectivity index (χ4v) is 23.1. The minimum atomic E-state index is -2.17. The second kappa shape index (κ2) is 54.2. The molecule has 0 aliphatic carbocycles. The number of benzene rings is 18. The molecule has 145 heavy (non-hydrogen) atoms. The lowest BCUT2D eigenvalue weighted by molar-refractivity contribution is 0.278. The van der Waals surface area contributed by atoms with Crippen LogP contribution in [0.4, 0.5) is 51.2 Å². The molecule has 750 valence electrons. The van der Waals surface area contributed by atoms with E-state index in [2.05, 4.69) is 407 Å². The number of rotatable bonds is 45. The van der Waals surface area contributed by atoms with Gasteiger partial charge in [-0.2, -0.15) is 0 Å². The van der Waals surface area contributed by atoms with Crippen LogP contribution in [0.2, 0.25) is 0 Å². The van der Waals surface area contributed by atoms with Crippen molar-refractivity contribution in [3.63, 3.8) is 0 Å². The van der Waals surface area contributed by atoms with Crippen LogP contribution in [-0.2, 0) is 77.0 Å². The van der Waals surface area contributed by atoms with Crippen molar-refractivity contribution in [2.45, 2.75) is 314 Å². The van der Waals surface area contributed by atoms with Crippen LogP contribution >= 0.6 is 0 Å². The zero-order valence-corrected chi connectivity index (χ0v) is 89.7. The quantitative estimate of drug-likeness (QED) is 0.0331. The molecule has 0 aliphatic rings. The Balaban J connectivity index is 0.000000160. The van der Waals surface area contributed by atoms with Crippen LogP contribution < -0.4 is 14.7 Å². The zero-order chi connectivity index (χ0) is 101. The molecule has 18 aromatic carbocycles. The van der Waals surface area contributed by atoms with Gasteiger partial charge in [-0.1, -0.05) is 433 Å². The predicted molar refractivity (Wildman–Crippen MR) is 637 cm³/mol. The van der Waals surface area contributed by atoms with Crippen LogP contribution in [0.1, 0.15) is 304 Å². The fourth-order valence-electron chi connectivity index (χ4n) is 23.1. The Morgan fingerprint density at radius 1 is 0.159 bits per heavy atom. The van der Waals surface area contributed by atoms with E-state index >= 15 is 0 Å². The van der Waals surface area contributed by atoms with E-state index in [0.29, 0.717) is 0 Å². The van der Waals surface area contributed by atoms with Crippen molar-refractivity contribution >= 4 is 155 Å². The standard InChI is InChI=1S/3C46H53N.BH3O3/c3*1-5-9-20-36-25-17-31-42-45(36)40(27-11-7-3)39(26-10-6-2)41(28-12-8-4)46(42)47(43-32-18-23-34-21-13-15-29-37(34)43)44-33-19-24-35-22-14-16-30-38(35)44;2-1(3)4/h3*13-19,21-25,29-33H,5-12,20,26-28H2,1-4H3;2-4H. The van der Waals surface area contributed by atoms with Crippen molar-refractivity contribution in [3.8, 4) is 0 Å². The lowest BCUT2D eigenvalue weighted by atomic mass is 9.82. The summed E-state index contributed by atoms with van der Waals surface area (Å²) in [5, 5.41) is 45.9. The molecule has 0 aliphatic heterocycles. The van der Waals surface area contributed by atoms with E-state index in [1.54, 1.807) is 66.2 Å². The van der Waals surface area contributed by atoms with E-state index in [1.165, 1.54) is 303 Å². The van der Waals surface area contributed by atoms with Gasteiger partial charge in [0.25, 0.3) is 0 Å². The maximum Gasteiger partial charge on any atom is 0.631 e. The first kappa shape index (κ1) is 107. The molecule has 0 unspecified atom stereocenters. The van der Waals surface area contributed by atoms with Crippen LogP contribution in [0.3, 0.4) is 0 Å². The minimum Gasteiger partial charge on any atom is -0.402 e. The maximum atomic E-state index is 7.17. The van der Waals surface area contributed by atoms with Crippen LogP contribution in [0.15, 0.2) is 309 Å². The van der Waals surface area contributed by atoms with Crippen LogP contribution in [0.5, 0.6) is 0 Å². The van der Waals surface area contributed by atoms with Gasteiger partial charge in [0.1, 0.15) is 0 Å². The number of hydrogen-bond donors (Lipinski definition) is 3. The van der Waals surface area contributed by atoms with Gasteiger partial charge in [0.05, 0.1) is 51.2 Å². The summed E-state index contributed by atoms with van der Waals surface area (Å²) in [6.07, 6.45) is 42.8. The van der Waals surface area contributed by atoms with Gasteiger partial charge >= 0.3 is 7.32 Å². The largest absolute Gasteiger partial charge is 0.631 e. The van der Waals surface area contributed by atoms with E-state index in [1.807, 2.05) is 0 Å². The summed E-state index contributed by atoms with van der Waals surface area (Å²) < 4.78 is 0. The lowest BCUT2D eigenvalue weighted by Gasteiger charge is -2.34. The molecule has 0 fully saturated rings. The highest BCUT2D eigenvalue weighted by Crippen LogP contribution is 2.55. The summed E-state index contributed by atoms with van der Waals surface area (Å²) in [6.45, 7) is 28.1. The van der Waals surface area contributed by atoms with Gasteiger partial charge in [-0.05, 0) is 306 Å². The molecular formula is C138H162BN3O3. The van der Waals surface area contributed by atoms with E-state index in [0.717, 1.165) is 77.0 Å². The van der Waals surface area contributed by atoms with Gasteiger partial charge in [-0.3, -0.25) is 0 Å². The maximum absolute atomic E-state index is 7.17. The first-order valence-corrected chi connectivity index (χ1v) is 56.4. The highest BCUT2D eigenvalue weighted by atomic mass is 16.5. The second-order valence-corrected chi connectivity index (χ2v) is 40.5. The van der Waals surface area contributed by atoms with Crippen LogP contribution in [0.25, 0.3) is 97.0 Å². The lowest BCUT2D eigenvalue weighted by Crippen LogP contribution is -2.17. The number of nitrogens with zero attached hydrogens (tertiary/aromatic N) is 3. The van der Waals surface area contributed by atoms with Crippen molar-refractivity contribution < 1.29 is 15.1 Å². The molecule has 0 bridgehead atoms. The molecule has 0 saturated heterocycles. The number of aryl methyl sites for hydroxylation is 6. The average Bonchev–Trinajstić information content (AvgIpc) is 0.729. The Morgan fingerprint density at radius 3 is 0.490 bits per heavy atom. The Bertz CT molecular complexity index is 6340. The van der Waals surface area contributed by atoms with Gasteiger partial charge in [0, 0.05) is 48.5 Å². The molecular weight excluding hydrogens is 1760 g/mol. The van der Waals surface area contributed by atoms with Gasteiger partial charge in [-0.25, -0.2) is 0 Å². The van der Waals surface area contributed by atoms with Gasteiger partial charge < -0.3 is 29.8 Å².